The Kier molecular flexibility index (Phi) is 3.19. The average Bonchev–Trinajstić information content (AvgIpc) is 3.13. The molecule has 4 nitrogen and oxygen atoms in total. The summed E-state index contributed by atoms with van der Waals surface area (Å²) in [6.07, 6.45) is 1.74. The summed E-state index contributed by atoms with van der Waals surface area (Å²) in [6, 6.07) is 7.86. The van der Waals surface area contributed by atoms with E-state index in [9.17, 15) is 4.79 Å². The molecule has 1 unspecified atom stereocenters. The molecule has 96 valence electrons. The minimum atomic E-state index is -0.0877. The molecule has 2 saturated heterocycles. The fourth-order valence-corrected chi connectivity index (χ4v) is 2.15. The molecule has 0 spiro atoms. The van der Waals surface area contributed by atoms with E-state index in [1.165, 1.54) is 0 Å². The van der Waals surface area contributed by atoms with Crippen molar-refractivity contribution in [3.05, 3.63) is 29.8 Å². The molecule has 0 radical (unpaired) electrons. The molecule has 0 saturated carbocycles. The normalized spacial score (nSPS) is 25.9. The van der Waals surface area contributed by atoms with E-state index in [0.29, 0.717) is 19.6 Å². The largest absolute Gasteiger partial charge is 0.491 e. The number of hydrogen-bond donors (Lipinski definition) is 0. The molecule has 1 aromatic rings. The number of carbonyl (C=O) groups excluding carboxylic acids is 1. The molecule has 18 heavy (non-hydrogen) atoms. The first-order valence-corrected chi connectivity index (χ1v) is 6.32. The Morgan fingerprint density at radius 1 is 1.33 bits per heavy atom. The summed E-state index contributed by atoms with van der Waals surface area (Å²) in [7, 11) is 0. The molecular formula is C14H16O4. The van der Waals surface area contributed by atoms with Gasteiger partial charge in [0.25, 0.3) is 0 Å². The molecule has 2 aliphatic heterocycles. The average molecular weight is 248 g/mol. The number of epoxide rings is 1. The van der Waals surface area contributed by atoms with E-state index in [0.717, 1.165) is 24.3 Å². The molecule has 2 aliphatic rings. The van der Waals surface area contributed by atoms with Gasteiger partial charge in [0.05, 0.1) is 19.1 Å². The van der Waals surface area contributed by atoms with Crippen LogP contribution in [-0.4, -0.2) is 31.9 Å². The van der Waals surface area contributed by atoms with Gasteiger partial charge in [0.15, 0.2) is 0 Å². The predicted octanol–water partition coefficient (Wildman–Crippen LogP) is 1.57. The fraction of sp³-hybridized carbons (Fsp3) is 0.500. The standard InChI is InChI=1S/C14H16O4/c15-14-11(5-6-16-14)7-10-3-1-2-4-13(10)18-9-12-8-17-12/h1-4,11-12H,5-9H2/t11?,12-/m1/s1. The van der Waals surface area contributed by atoms with Gasteiger partial charge >= 0.3 is 5.97 Å². The monoisotopic (exact) mass is 248 g/mol. The van der Waals surface area contributed by atoms with Crippen molar-refractivity contribution >= 4 is 5.97 Å². The highest BCUT2D eigenvalue weighted by Gasteiger charge is 2.28. The highest BCUT2D eigenvalue weighted by molar-refractivity contribution is 5.74. The van der Waals surface area contributed by atoms with Crippen LogP contribution in [0.2, 0.25) is 0 Å². The highest BCUT2D eigenvalue weighted by atomic mass is 16.6. The second-order valence-corrected chi connectivity index (χ2v) is 4.73. The minimum absolute atomic E-state index is 0.0214. The maximum atomic E-state index is 11.5. The number of rotatable bonds is 5. The molecular weight excluding hydrogens is 232 g/mol. The number of hydrogen-bond acceptors (Lipinski definition) is 4. The lowest BCUT2D eigenvalue weighted by molar-refractivity contribution is -0.141. The summed E-state index contributed by atoms with van der Waals surface area (Å²) in [6.45, 7) is 1.92. The van der Waals surface area contributed by atoms with E-state index in [2.05, 4.69) is 0 Å². The number of benzene rings is 1. The maximum absolute atomic E-state index is 11.5. The topological polar surface area (TPSA) is 48.1 Å². The zero-order chi connectivity index (χ0) is 12.4. The Labute approximate surface area is 106 Å². The van der Waals surface area contributed by atoms with Gasteiger partial charge in [-0.3, -0.25) is 4.79 Å². The Bertz CT molecular complexity index is 439. The van der Waals surface area contributed by atoms with E-state index in [1.54, 1.807) is 0 Å². The SMILES string of the molecule is O=C1OCCC1Cc1ccccc1OC[C@H]1CO1. The molecule has 2 fully saturated rings. The molecule has 0 aromatic heterocycles. The van der Waals surface area contributed by atoms with E-state index in [-0.39, 0.29) is 18.0 Å². The van der Waals surface area contributed by atoms with Gasteiger partial charge in [0, 0.05) is 0 Å². The van der Waals surface area contributed by atoms with Crippen molar-refractivity contribution in [2.75, 3.05) is 19.8 Å². The van der Waals surface area contributed by atoms with Crippen molar-refractivity contribution in [2.45, 2.75) is 18.9 Å². The molecule has 0 N–H and O–H groups in total. The molecule has 4 heteroatoms. The third kappa shape index (κ3) is 2.64. The summed E-state index contributed by atoms with van der Waals surface area (Å²) in [5, 5.41) is 0. The summed E-state index contributed by atoms with van der Waals surface area (Å²) < 4.78 is 15.8. The molecule has 3 rings (SSSR count). The van der Waals surface area contributed by atoms with Crippen molar-refractivity contribution in [1.29, 1.82) is 0 Å². The fourth-order valence-electron chi connectivity index (χ4n) is 2.15. The van der Waals surface area contributed by atoms with Crippen molar-refractivity contribution in [3.63, 3.8) is 0 Å². The number of ether oxygens (including phenoxy) is 3. The summed E-state index contributed by atoms with van der Waals surface area (Å²) in [5.74, 6) is 0.745. The van der Waals surface area contributed by atoms with Crippen LogP contribution in [0.25, 0.3) is 0 Å². The molecule has 0 aliphatic carbocycles. The van der Waals surface area contributed by atoms with Crippen molar-refractivity contribution in [1.82, 2.24) is 0 Å². The first kappa shape index (κ1) is 11.5. The zero-order valence-electron chi connectivity index (χ0n) is 10.1. The number of para-hydroxylation sites is 1. The second kappa shape index (κ2) is 4.98. The van der Waals surface area contributed by atoms with E-state index < -0.39 is 0 Å². The predicted molar refractivity (Wildman–Crippen MR) is 64.4 cm³/mol. The lowest BCUT2D eigenvalue weighted by Gasteiger charge is -2.12. The number of esters is 1. The van der Waals surface area contributed by atoms with Crippen LogP contribution < -0.4 is 4.74 Å². The molecule has 2 atom stereocenters. The second-order valence-electron chi connectivity index (χ2n) is 4.73. The Morgan fingerprint density at radius 3 is 2.89 bits per heavy atom. The van der Waals surface area contributed by atoms with Crippen LogP contribution in [0, 0.1) is 5.92 Å². The van der Waals surface area contributed by atoms with Gasteiger partial charge in [-0.1, -0.05) is 18.2 Å². The van der Waals surface area contributed by atoms with Gasteiger partial charge in [-0.15, -0.1) is 0 Å². The quantitative estimate of drug-likeness (QED) is 0.586. The highest BCUT2D eigenvalue weighted by Crippen LogP contribution is 2.26. The van der Waals surface area contributed by atoms with Gasteiger partial charge in [-0.2, -0.15) is 0 Å². The van der Waals surface area contributed by atoms with Gasteiger partial charge in [-0.25, -0.2) is 0 Å². The van der Waals surface area contributed by atoms with E-state index in [1.807, 2.05) is 24.3 Å². The third-order valence-electron chi connectivity index (χ3n) is 3.31. The van der Waals surface area contributed by atoms with Gasteiger partial charge in [0.1, 0.15) is 18.5 Å². The smallest absolute Gasteiger partial charge is 0.309 e. The first-order chi connectivity index (χ1) is 8.83. The Balaban J connectivity index is 1.67. The minimum Gasteiger partial charge on any atom is -0.491 e. The number of cyclic esters (lactones) is 1. The van der Waals surface area contributed by atoms with Crippen molar-refractivity contribution in [3.8, 4) is 5.75 Å². The van der Waals surface area contributed by atoms with Crippen molar-refractivity contribution < 1.29 is 19.0 Å². The first-order valence-electron chi connectivity index (χ1n) is 6.32. The zero-order valence-corrected chi connectivity index (χ0v) is 10.1. The van der Waals surface area contributed by atoms with Gasteiger partial charge in [-0.05, 0) is 24.5 Å². The molecule has 0 amide bonds. The van der Waals surface area contributed by atoms with Crippen molar-refractivity contribution in [2.24, 2.45) is 5.92 Å². The Hall–Kier alpha value is -1.55. The molecule has 1 aromatic carbocycles. The lowest BCUT2D eigenvalue weighted by atomic mass is 9.97. The van der Waals surface area contributed by atoms with Gasteiger partial charge in [0.2, 0.25) is 0 Å². The van der Waals surface area contributed by atoms with Gasteiger partial charge < -0.3 is 14.2 Å². The van der Waals surface area contributed by atoms with Crippen LogP contribution in [-0.2, 0) is 20.7 Å². The Morgan fingerprint density at radius 2 is 2.17 bits per heavy atom. The van der Waals surface area contributed by atoms with Crippen LogP contribution in [0.1, 0.15) is 12.0 Å². The number of carbonyl (C=O) groups is 1. The van der Waals surface area contributed by atoms with Crippen LogP contribution in [0.5, 0.6) is 5.75 Å². The van der Waals surface area contributed by atoms with E-state index >= 15 is 0 Å². The van der Waals surface area contributed by atoms with E-state index in [4.69, 9.17) is 14.2 Å². The maximum Gasteiger partial charge on any atom is 0.309 e. The molecule has 0 bridgehead atoms. The summed E-state index contributed by atoms with van der Waals surface area (Å²) in [5.41, 5.74) is 1.07. The van der Waals surface area contributed by atoms with Crippen LogP contribution >= 0.6 is 0 Å². The lowest BCUT2D eigenvalue weighted by Crippen LogP contribution is -2.12. The van der Waals surface area contributed by atoms with Crippen LogP contribution in [0.15, 0.2) is 24.3 Å². The summed E-state index contributed by atoms with van der Waals surface area (Å²) in [4.78, 5) is 11.5. The summed E-state index contributed by atoms with van der Waals surface area (Å²) >= 11 is 0. The third-order valence-corrected chi connectivity index (χ3v) is 3.31. The van der Waals surface area contributed by atoms with Crippen LogP contribution in [0.4, 0.5) is 0 Å². The molecule has 2 heterocycles. The van der Waals surface area contributed by atoms with Crippen LogP contribution in [0.3, 0.4) is 0 Å².